The first-order valence-corrected chi connectivity index (χ1v) is 6.25. The van der Waals surface area contributed by atoms with E-state index in [1.807, 2.05) is 0 Å². The van der Waals surface area contributed by atoms with E-state index in [2.05, 4.69) is 20.4 Å². The van der Waals surface area contributed by atoms with Gasteiger partial charge in [0.1, 0.15) is 11.5 Å². The molecule has 0 atom stereocenters. The van der Waals surface area contributed by atoms with Crippen molar-refractivity contribution in [2.75, 3.05) is 19.0 Å². The van der Waals surface area contributed by atoms with Gasteiger partial charge in [-0.3, -0.25) is 0 Å². The van der Waals surface area contributed by atoms with Gasteiger partial charge in [0, 0.05) is 0 Å². The molecular weight excluding hydrogens is 279 g/mol. The van der Waals surface area contributed by atoms with Crippen molar-refractivity contribution in [3.05, 3.63) is 41.5 Å². The van der Waals surface area contributed by atoms with E-state index >= 15 is 0 Å². The Balaban J connectivity index is 2.06. The number of hydrogen-bond donors (Lipinski definition) is 2. The van der Waals surface area contributed by atoms with Gasteiger partial charge in [-0.25, -0.2) is 13.9 Å². The molecule has 1 aromatic carbocycles. The van der Waals surface area contributed by atoms with Crippen molar-refractivity contribution < 1.29 is 19.0 Å². The summed E-state index contributed by atoms with van der Waals surface area (Å²) in [7, 11) is 1.26. The van der Waals surface area contributed by atoms with Crippen LogP contribution in [0.1, 0.15) is 16.1 Å². The third-order valence-electron chi connectivity index (χ3n) is 2.76. The van der Waals surface area contributed by atoms with E-state index in [9.17, 15) is 9.18 Å². The first-order valence-electron chi connectivity index (χ1n) is 6.25. The molecule has 0 aliphatic rings. The number of aliphatic hydroxyl groups is 1. The summed E-state index contributed by atoms with van der Waals surface area (Å²) in [5.41, 5.74) is 1.02. The average molecular weight is 294 g/mol. The number of aliphatic hydroxyl groups excluding tert-OH is 1. The van der Waals surface area contributed by atoms with Gasteiger partial charge < -0.3 is 15.2 Å². The summed E-state index contributed by atoms with van der Waals surface area (Å²) in [6.07, 6.45) is 1.64. The predicted octanol–water partition coefficient (Wildman–Crippen LogP) is 0.808. The molecule has 0 saturated carbocycles. The van der Waals surface area contributed by atoms with E-state index in [1.54, 1.807) is 6.20 Å². The maximum absolute atomic E-state index is 13.7. The van der Waals surface area contributed by atoms with Crippen molar-refractivity contribution >= 4 is 11.7 Å². The highest BCUT2D eigenvalue weighted by molar-refractivity contribution is 5.90. The summed E-state index contributed by atoms with van der Waals surface area (Å²) in [5, 5.41) is 19.3. The van der Waals surface area contributed by atoms with E-state index in [0.29, 0.717) is 12.2 Å². The first-order chi connectivity index (χ1) is 10.1. The second kappa shape index (κ2) is 6.80. The third-order valence-corrected chi connectivity index (χ3v) is 2.76. The zero-order chi connectivity index (χ0) is 15.2. The number of anilines is 1. The number of nitrogens with one attached hydrogen (secondary N) is 1. The monoisotopic (exact) mass is 294 g/mol. The number of halogens is 1. The van der Waals surface area contributed by atoms with Crippen LogP contribution in [0.2, 0.25) is 0 Å². The Hall–Kier alpha value is -2.48. The van der Waals surface area contributed by atoms with Gasteiger partial charge in [-0.15, -0.1) is 5.10 Å². The lowest BCUT2D eigenvalue weighted by molar-refractivity contribution is 0.0600. The smallest absolute Gasteiger partial charge is 0.337 e. The molecule has 0 bridgehead atoms. The molecule has 0 amide bonds. The summed E-state index contributed by atoms with van der Waals surface area (Å²) >= 11 is 0. The SMILES string of the molecule is COC(=O)c1ccc(F)c(NCc2cn(CCO)nn2)c1. The highest BCUT2D eigenvalue weighted by Gasteiger charge is 2.10. The normalized spacial score (nSPS) is 10.4. The van der Waals surface area contributed by atoms with Gasteiger partial charge >= 0.3 is 5.97 Å². The molecule has 0 radical (unpaired) electrons. The molecule has 1 heterocycles. The number of nitrogens with zero attached hydrogens (tertiary/aromatic N) is 3. The number of benzene rings is 1. The number of rotatable bonds is 6. The molecule has 7 nitrogen and oxygen atoms in total. The number of methoxy groups -OCH3 is 1. The van der Waals surface area contributed by atoms with Gasteiger partial charge in [-0.2, -0.15) is 0 Å². The first kappa shape index (κ1) is 14.9. The Morgan fingerprint density at radius 3 is 3.05 bits per heavy atom. The third kappa shape index (κ3) is 3.76. The standard InChI is InChI=1S/C13H15FN4O3/c1-21-13(20)9-2-3-11(14)12(6-9)15-7-10-8-18(4-5-19)17-16-10/h2-3,6,8,15,19H,4-5,7H2,1H3. The van der Waals surface area contributed by atoms with Crippen LogP contribution >= 0.6 is 0 Å². The lowest BCUT2D eigenvalue weighted by Crippen LogP contribution is -2.06. The number of esters is 1. The fourth-order valence-electron chi connectivity index (χ4n) is 1.72. The molecule has 0 aliphatic heterocycles. The van der Waals surface area contributed by atoms with E-state index < -0.39 is 11.8 Å². The maximum Gasteiger partial charge on any atom is 0.337 e. The lowest BCUT2D eigenvalue weighted by atomic mass is 10.2. The molecule has 0 spiro atoms. The van der Waals surface area contributed by atoms with Crippen molar-refractivity contribution in [2.45, 2.75) is 13.1 Å². The van der Waals surface area contributed by atoms with Gasteiger partial charge in [-0.05, 0) is 18.2 Å². The molecule has 2 rings (SSSR count). The Labute approximate surface area is 120 Å². The summed E-state index contributed by atoms with van der Waals surface area (Å²) in [4.78, 5) is 11.4. The van der Waals surface area contributed by atoms with Crippen LogP contribution < -0.4 is 5.32 Å². The number of carbonyl (C=O) groups is 1. The van der Waals surface area contributed by atoms with E-state index in [-0.39, 0.29) is 24.4 Å². The van der Waals surface area contributed by atoms with Crippen LogP contribution in [0.5, 0.6) is 0 Å². The Morgan fingerprint density at radius 2 is 2.33 bits per heavy atom. The van der Waals surface area contributed by atoms with Crippen molar-refractivity contribution in [3.63, 3.8) is 0 Å². The summed E-state index contributed by atoms with van der Waals surface area (Å²) < 4.78 is 19.7. The van der Waals surface area contributed by atoms with Crippen LogP contribution in [-0.4, -0.2) is 39.8 Å². The fraction of sp³-hybridized carbons (Fsp3) is 0.308. The lowest BCUT2D eigenvalue weighted by Gasteiger charge is -2.07. The van der Waals surface area contributed by atoms with Crippen LogP contribution in [0.15, 0.2) is 24.4 Å². The number of carbonyl (C=O) groups excluding carboxylic acids is 1. The summed E-state index contributed by atoms with van der Waals surface area (Å²) in [5.74, 6) is -1.02. The minimum atomic E-state index is -0.535. The molecule has 0 saturated heterocycles. The fourth-order valence-corrected chi connectivity index (χ4v) is 1.72. The minimum absolute atomic E-state index is 0.0357. The molecule has 8 heteroatoms. The zero-order valence-corrected chi connectivity index (χ0v) is 11.4. The maximum atomic E-state index is 13.7. The number of hydrogen-bond acceptors (Lipinski definition) is 6. The van der Waals surface area contributed by atoms with Crippen LogP contribution in [-0.2, 0) is 17.8 Å². The number of aromatic nitrogens is 3. The Morgan fingerprint density at radius 1 is 1.52 bits per heavy atom. The second-order valence-electron chi connectivity index (χ2n) is 4.24. The van der Waals surface area contributed by atoms with Gasteiger partial charge in [-0.1, -0.05) is 5.21 Å². The van der Waals surface area contributed by atoms with Gasteiger partial charge in [0.2, 0.25) is 0 Å². The Bertz CT molecular complexity index is 630. The van der Waals surface area contributed by atoms with Gasteiger partial charge in [0.25, 0.3) is 0 Å². The molecule has 1 aromatic heterocycles. The van der Waals surface area contributed by atoms with Gasteiger partial charge in [0.15, 0.2) is 0 Å². The van der Waals surface area contributed by atoms with Crippen molar-refractivity contribution in [2.24, 2.45) is 0 Å². The minimum Gasteiger partial charge on any atom is -0.465 e. The molecule has 112 valence electrons. The largest absolute Gasteiger partial charge is 0.465 e. The second-order valence-corrected chi connectivity index (χ2v) is 4.24. The van der Waals surface area contributed by atoms with E-state index in [0.717, 1.165) is 0 Å². The average Bonchev–Trinajstić information content (AvgIpc) is 2.93. The molecule has 2 N–H and O–H groups in total. The molecule has 0 aliphatic carbocycles. The van der Waals surface area contributed by atoms with Crippen LogP contribution in [0.3, 0.4) is 0 Å². The highest BCUT2D eigenvalue weighted by Crippen LogP contribution is 2.17. The van der Waals surface area contributed by atoms with E-state index in [1.165, 1.54) is 30.0 Å². The predicted molar refractivity (Wildman–Crippen MR) is 72.2 cm³/mol. The molecule has 21 heavy (non-hydrogen) atoms. The van der Waals surface area contributed by atoms with Crippen molar-refractivity contribution in [3.8, 4) is 0 Å². The Kier molecular flexibility index (Phi) is 4.83. The topological polar surface area (TPSA) is 89.3 Å². The summed E-state index contributed by atoms with van der Waals surface area (Å²) in [6.45, 7) is 0.554. The highest BCUT2D eigenvalue weighted by atomic mass is 19.1. The van der Waals surface area contributed by atoms with Gasteiger partial charge in [0.05, 0.1) is 44.3 Å². The molecular formula is C13H15FN4O3. The van der Waals surface area contributed by atoms with Crippen molar-refractivity contribution in [1.29, 1.82) is 0 Å². The molecule has 2 aromatic rings. The quantitative estimate of drug-likeness (QED) is 0.766. The summed E-state index contributed by atoms with van der Waals surface area (Å²) in [6, 6.07) is 3.92. The number of ether oxygens (including phenoxy) is 1. The van der Waals surface area contributed by atoms with Crippen LogP contribution in [0.25, 0.3) is 0 Å². The van der Waals surface area contributed by atoms with E-state index in [4.69, 9.17) is 5.11 Å². The zero-order valence-electron chi connectivity index (χ0n) is 11.4. The van der Waals surface area contributed by atoms with Crippen molar-refractivity contribution in [1.82, 2.24) is 15.0 Å². The molecule has 0 fully saturated rings. The van der Waals surface area contributed by atoms with Crippen LogP contribution in [0.4, 0.5) is 10.1 Å². The van der Waals surface area contributed by atoms with Crippen LogP contribution in [0, 0.1) is 5.82 Å². The molecule has 0 unspecified atom stereocenters.